The first-order valence-corrected chi connectivity index (χ1v) is 9.53. The first kappa shape index (κ1) is 19.3. The molecule has 0 aliphatic heterocycles. The lowest BCUT2D eigenvalue weighted by molar-refractivity contribution is 0.203. The van der Waals surface area contributed by atoms with Crippen LogP contribution in [0.25, 0.3) is 0 Å². The van der Waals surface area contributed by atoms with Crippen LogP contribution in [0.2, 0.25) is 0 Å². The molecule has 0 N–H and O–H groups in total. The van der Waals surface area contributed by atoms with Crippen molar-refractivity contribution in [2.75, 3.05) is 37.9 Å². The van der Waals surface area contributed by atoms with E-state index in [0.717, 1.165) is 39.3 Å². The van der Waals surface area contributed by atoms with Gasteiger partial charge in [-0.1, -0.05) is 60.7 Å². The molecule has 0 unspecified atom stereocenters. The van der Waals surface area contributed by atoms with E-state index >= 15 is 0 Å². The van der Waals surface area contributed by atoms with E-state index in [-0.39, 0.29) is 0 Å². The average Bonchev–Trinajstić information content (AvgIpc) is 2.61. The van der Waals surface area contributed by atoms with E-state index in [9.17, 15) is 0 Å². The highest BCUT2D eigenvalue weighted by Crippen LogP contribution is 2.10. The minimum Gasteiger partial charge on any atom is -0.300 e. The number of nitrogens with zero attached hydrogens (tertiary/aromatic N) is 2. The maximum Gasteiger partial charge on any atom is 0.0351 e. The molecule has 0 heterocycles. The summed E-state index contributed by atoms with van der Waals surface area (Å²) < 4.78 is 0. The number of hydrogen-bond acceptors (Lipinski definition) is 2. The number of rotatable bonds is 11. The number of alkyl halides is 2. The van der Waals surface area contributed by atoms with E-state index < -0.39 is 0 Å². The van der Waals surface area contributed by atoms with Gasteiger partial charge in [-0.15, -0.1) is 23.2 Å². The highest BCUT2D eigenvalue weighted by molar-refractivity contribution is 6.18. The third-order valence-corrected chi connectivity index (χ3v) is 4.37. The van der Waals surface area contributed by atoms with Crippen LogP contribution in [0.3, 0.4) is 0 Å². The van der Waals surface area contributed by atoms with E-state index in [0.29, 0.717) is 11.8 Å². The highest BCUT2D eigenvalue weighted by Gasteiger charge is 2.10. The first-order chi connectivity index (χ1) is 11.8. The topological polar surface area (TPSA) is 6.48 Å². The first-order valence-electron chi connectivity index (χ1n) is 8.46. The van der Waals surface area contributed by atoms with Crippen molar-refractivity contribution >= 4 is 23.2 Å². The second-order valence-electron chi connectivity index (χ2n) is 5.90. The molecule has 0 spiro atoms. The van der Waals surface area contributed by atoms with E-state index in [4.69, 9.17) is 23.2 Å². The fraction of sp³-hybridized carbons (Fsp3) is 0.400. The second-order valence-corrected chi connectivity index (χ2v) is 6.66. The van der Waals surface area contributed by atoms with Crippen LogP contribution < -0.4 is 0 Å². The Kier molecular flexibility index (Phi) is 9.22. The summed E-state index contributed by atoms with van der Waals surface area (Å²) in [5.41, 5.74) is 2.68. The smallest absolute Gasteiger partial charge is 0.0351 e. The summed E-state index contributed by atoms with van der Waals surface area (Å²) in [4.78, 5) is 4.82. The van der Waals surface area contributed by atoms with Crippen molar-refractivity contribution in [3.8, 4) is 0 Å². The van der Waals surface area contributed by atoms with E-state index in [2.05, 4.69) is 70.5 Å². The van der Waals surface area contributed by atoms with E-state index in [1.165, 1.54) is 11.1 Å². The molecule has 0 aliphatic rings. The second kappa shape index (κ2) is 11.5. The maximum atomic E-state index is 5.91. The summed E-state index contributed by atoms with van der Waals surface area (Å²) in [6.45, 7) is 5.66. The van der Waals surface area contributed by atoms with E-state index in [1.54, 1.807) is 0 Å². The molecule has 0 saturated carbocycles. The van der Waals surface area contributed by atoms with Gasteiger partial charge in [0.25, 0.3) is 0 Å². The van der Waals surface area contributed by atoms with Crippen LogP contribution in [0.15, 0.2) is 60.7 Å². The molecule has 2 nitrogen and oxygen atoms in total. The Morgan fingerprint density at radius 2 is 0.958 bits per heavy atom. The average molecular weight is 365 g/mol. The zero-order valence-electron chi connectivity index (χ0n) is 14.1. The van der Waals surface area contributed by atoms with Crippen molar-refractivity contribution in [2.24, 2.45) is 0 Å². The third-order valence-electron chi connectivity index (χ3n) is 4.03. The molecule has 0 saturated heterocycles. The van der Waals surface area contributed by atoms with E-state index in [1.807, 2.05) is 0 Å². The van der Waals surface area contributed by atoms with Gasteiger partial charge in [-0.3, -0.25) is 9.80 Å². The van der Waals surface area contributed by atoms with Crippen molar-refractivity contribution in [3.05, 3.63) is 71.8 Å². The van der Waals surface area contributed by atoms with Gasteiger partial charge in [0.05, 0.1) is 0 Å². The zero-order valence-corrected chi connectivity index (χ0v) is 15.6. The van der Waals surface area contributed by atoms with Gasteiger partial charge in [-0.25, -0.2) is 0 Å². The third kappa shape index (κ3) is 7.23. The van der Waals surface area contributed by atoms with Gasteiger partial charge in [-0.2, -0.15) is 0 Å². The fourth-order valence-corrected chi connectivity index (χ4v) is 3.23. The van der Waals surface area contributed by atoms with Gasteiger partial charge >= 0.3 is 0 Å². The van der Waals surface area contributed by atoms with Crippen LogP contribution in [-0.2, 0) is 13.1 Å². The van der Waals surface area contributed by atoms with Crippen LogP contribution in [0.1, 0.15) is 11.1 Å². The molecule has 0 amide bonds. The van der Waals surface area contributed by atoms with Crippen LogP contribution in [0.4, 0.5) is 0 Å². The lowest BCUT2D eigenvalue weighted by Gasteiger charge is -2.27. The summed E-state index contributed by atoms with van der Waals surface area (Å²) >= 11 is 11.8. The SMILES string of the molecule is ClCCN(CCCl)CCN(Cc1ccccc1)Cc1ccccc1. The summed E-state index contributed by atoms with van der Waals surface area (Å²) in [7, 11) is 0. The summed E-state index contributed by atoms with van der Waals surface area (Å²) in [6.07, 6.45) is 0. The number of halogens is 2. The van der Waals surface area contributed by atoms with Crippen LogP contribution >= 0.6 is 23.2 Å². The lowest BCUT2D eigenvalue weighted by atomic mass is 10.1. The van der Waals surface area contributed by atoms with Crippen LogP contribution in [0, 0.1) is 0 Å². The molecule has 0 fully saturated rings. The summed E-state index contributed by atoms with van der Waals surface area (Å²) in [5.74, 6) is 1.29. The predicted molar refractivity (Wildman–Crippen MR) is 105 cm³/mol. The molecule has 2 rings (SSSR count). The van der Waals surface area contributed by atoms with Gasteiger partial charge in [0.2, 0.25) is 0 Å². The van der Waals surface area contributed by atoms with Crippen molar-refractivity contribution < 1.29 is 0 Å². The molecule has 4 heteroatoms. The lowest BCUT2D eigenvalue weighted by Crippen LogP contribution is -2.36. The Hall–Kier alpha value is -1.06. The summed E-state index contributed by atoms with van der Waals surface area (Å²) in [5, 5.41) is 0. The Balaban J connectivity index is 1.98. The van der Waals surface area contributed by atoms with Crippen molar-refractivity contribution in [3.63, 3.8) is 0 Å². The quantitative estimate of drug-likeness (QED) is 0.542. The Morgan fingerprint density at radius 1 is 0.542 bits per heavy atom. The normalized spacial score (nSPS) is 11.3. The van der Waals surface area contributed by atoms with Gasteiger partial charge in [0.15, 0.2) is 0 Å². The minimum absolute atomic E-state index is 0.647. The Morgan fingerprint density at radius 3 is 1.38 bits per heavy atom. The summed E-state index contributed by atoms with van der Waals surface area (Å²) in [6, 6.07) is 21.3. The molecule has 130 valence electrons. The van der Waals surface area contributed by atoms with Crippen molar-refractivity contribution in [2.45, 2.75) is 13.1 Å². The molecule has 0 radical (unpaired) electrons. The van der Waals surface area contributed by atoms with Crippen LogP contribution in [0.5, 0.6) is 0 Å². The zero-order chi connectivity index (χ0) is 17.0. The number of hydrogen-bond donors (Lipinski definition) is 0. The molecule has 0 atom stereocenters. The molecular weight excluding hydrogens is 339 g/mol. The van der Waals surface area contributed by atoms with Crippen LogP contribution in [-0.4, -0.2) is 47.7 Å². The maximum absolute atomic E-state index is 5.91. The molecule has 2 aromatic rings. The monoisotopic (exact) mass is 364 g/mol. The molecule has 0 aromatic heterocycles. The number of benzene rings is 2. The van der Waals surface area contributed by atoms with Gasteiger partial charge in [0, 0.05) is 51.0 Å². The molecule has 2 aromatic carbocycles. The predicted octanol–water partition coefficient (Wildman–Crippen LogP) is 4.47. The molecule has 24 heavy (non-hydrogen) atoms. The van der Waals surface area contributed by atoms with Gasteiger partial charge < -0.3 is 0 Å². The van der Waals surface area contributed by atoms with Gasteiger partial charge in [0.1, 0.15) is 0 Å². The highest BCUT2D eigenvalue weighted by atomic mass is 35.5. The standard InChI is InChI=1S/C20H26Cl2N2/c21-11-13-23(14-12-22)15-16-24(17-19-7-3-1-4-8-19)18-20-9-5-2-6-10-20/h1-10H,11-18H2. The molecule has 0 aliphatic carbocycles. The Labute approximate surface area is 156 Å². The van der Waals surface area contributed by atoms with Crippen molar-refractivity contribution in [1.82, 2.24) is 9.80 Å². The molecular formula is C20H26Cl2N2. The minimum atomic E-state index is 0.647. The van der Waals surface area contributed by atoms with Gasteiger partial charge in [-0.05, 0) is 11.1 Å². The fourth-order valence-electron chi connectivity index (χ4n) is 2.75. The Bertz CT molecular complexity index is 501. The van der Waals surface area contributed by atoms with Crippen molar-refractivity contribution in [1.29, 1.82) is 0 Å². The largest absolute Gasteiger partial charge is 0.300 e. The molecule has 0 bridgehead atoms.